The van der Waals surface area contributed by atoms with Gasteiger partial charge in [0.1, 0.15) is 11.6 Å². The molecule has 2 aromatic rings. The van der Waals surface area contributed by atoms with Gasteiger partial charge in [-0.3, -0.25) is 9.67 Å². The minimum Gasteiger partial charge on any atom is -0.467 e. The lowest BCUT2D eigenvalue weighted by atomic mass is 10.1. The third-order valence-electron chi connectivity index (χ3n) is 4.02. The minimum absolute atomic E-state index is 0.201. The average Bonchev–Trinajstić information content (AvgIpc) is 3.02. The zero-order chi connectivity index (χ0) is 17.6. The lowest BCUT2D eigenvalue weighted by Gasteiger charge is -2.21. The van der Waals surface area contributed by atoms with Crippen LogP contribution in [0, 0.1) is 5.82 Å². The Morgan fingerprint density at radius 1 is 1.40 bits per heavy atom. The van der Waals surface area contributed by atoms with Crippen LogP contribution in [0.15, 0.2) is 29.4 Å². The molecule has 0 aliphatic carbocycles. The van der Waals surface area contributed by atoms with Gasteiger partial charge in [0.05, 0.1) is 18.8 Å². The van der Waals surface area contributed by atoms with Crippen LogP contribution in [-0.4, -0.2) is 36.1 Å². The molecule has 1 aromatic heterocycles. The molecule has 1 aliphatic rings. The maximum atomic E-state index is 13.7. The lowest BCUT2D eigenvalue weighted by molar-refractivity contribution is -0.0172. The Morgan fingerprint density at radius 3 is 3.04 bits per heavy atom. The second kappa shape index (κ2) is 7.98. The van der Waals surface area contributed by atoms with E-state index in [1.165, 1.54) is 12.1 Å². The Kier molecular flexibility index (Phi) is 5.49. The number of halogens is 1. The van der Waals surface area contributed by atoms with Crippen molar-refractivity contribution in [3.63, 3.8) is 0 Å². The topological polar surface area (TPSA) is 72.7 Å². The highest BCUT2D eigenvalue weighted by atomic mass is 19.1. The van der Waals surface area contributed by atoms with E-state index in [4.69, 9.17) is 9.47 Å². The number of rotatable bonds is 5. The van der Waals surface area contributed by atoms with Gasteiger partial charge in [-0.1, -0.05) is 0 Å². The summed E-state index contributed by atoms with van der Waals surface area (Å²) >= 11 is 0. The molecule has 0 spiro atoms. The normalized spacial score (nSPS) is 14.0. The van der Waals surface area contributed by atoms with Gasteiger partial charge in [-0.2, -0.15) is 5.10 Å². The molecular formula is C17H22FN5O2. The molecule has 1 aromatic carbocycles. The third-order valence-corrected chi connectivity index (χ3v) is 4.02. The first-order valence-electron chi connectivity index (χ1n) is 8.10. The smallest absolute Gasteiger partial charge is 0.191 e. The number of aliphatic imine (C=N–C) groups is 1. The molecule has 1 aliphatic heterocycles. The van der Waals surface area contributed by atoms with Gasteiger partial charge in [-0.15, -0.1) is 0 Å². The first kappa shape index (κ1) is 17.2. The van der Waals surface area contributed by atoms with E-state index in [0.29, 0.717) is 32.1 Å². The van der Waals surface area contributed by atoms with Crippen LogP contribution in [-0.2, 0) is 31.4 Å². The molecule has 0 amide bonds. The van der Waals surface area contributed by atoms with Crippen molar-refractivity contribution in [2.45, 2.75) is 19.6 Å². The minimum atomic E-state index is -0.276. The highest BCUT2D eigenvalue weighted by Gasteiger charge is 2.16. The SMILES string of the molecule is CN=C(NCCc1cc(F)cc2c1OCOC2)NCc1ccnn1C. The number of aryl methyl sites for hydroxylation is 1. The Bertz CT molecular complexity index is 759. The van der Waals surface area contributed by atoms with Gasteiger partial charge in [0.2, 0.25) is 0 Å². The van der Waals surface area contributed by atoms with Crippen LogP contribution in [0.3, 0.4) is 0 Å². The number of nitrogens with zero attached hydrogens (tertiary/aromatic N) is 3. The maximum Gasteiger partial charge on any atom is 0.191 e. The average molecular weight is 347 g/mol. The highest BCUT2D eigenvalue weighted by Crippen LogP contribution is 2.29. The van der Waals surface area contributed by atoms with Gasteiger partial charge >= 0.3 is 0 Å². The van der Waals surface area contributed by atoms with E-state index in [1.807, 2.05) is 13.1 Å². The van der Waals surface area contributed by atoms with Crippen molar-refractivity contribution in [1.29, 1.82) is 0 Å². The van der Waals surface area contributed by atoms with Gasteiger partial charge in [-0.05, 0) is 30.2 Å². The first-order valence-corrected chi connectivity index (χ1v) is 8.10. The number of ether oxygens (including phenoxy) is 2. The van der Waals surface area contributed by atoms with Crippen LogP contribution in [0.1, 0.15) is 16.8 Å². The number of aromatic nitrogens is 2. The summed E-state index contributed by atoms with van der Waals surface area (Å²) in [5, 5.41) is 10.6. The molecule has 0 saturated carbocycles. The lowest BCUT2D eigenvalue weighted by Crippen LogP contribution is -2.38. The molecule has 0 fully saturated rings. The van der Waals surface area contributed by atoms with Gasteiger partial charge in [0.25, 0.3) is 0 Å². The van der Waals surface area contributed by atoms with Gasteiger partial charge < -0.3 is 20.1 Å². The number of fused-ring (bicyclic) bond motifs is 1. The zero-order valence-electron chi connectivity index (χ0n) is 14.4. The predicted molar refractivity (Wildman–Crippen MR) is 91.8 cm³/mol. The fourth-order valence-corrected chi connectivity index (χ4v) is 2.73. The summed E-state index contributed by atoms with van der Waals surface area (Å²) in [5.74, 6) is 1.13. The molecule has 7 nitrogen and oxygen atoms in total. The molecule has 2 heterocycles. The molecule has 0 bridgehead atoms. The second-order valence-corrected chi connectivity index (χ2v) is 5.71. The summed E-state index contributed by atoms with van der Waals surface area (Å²) in [6.07, 6.45) is 2.37. The number of hydrogen-bond donors (Lipinski definition) is 2. The van der Waals surface area contributed by atoms with Crippen molar-refractivity contribution >= 4 is 5.96 Å². The van der Waals surface area contributed by atoms with Crippen molar-refractivity contribution in [1.82, 2.24) is 20.4 Å². The summed E-state index contributed by atoms with van der Waals surface area (Å²) in [6, 6.07) is 4.91. The largest absolute Gasteiger partial charge is 0.467 e. The van der Waals surface area contributed by atoms with Crippen LogP contribution in [0.4, 0.5) is 4.39 Å². The van der Waals surface area contributed by atoms with E-state index in [9.17, 15) is 4.39 Å². The Hall–Kier alpha value is -2.61. The van der Waals surface area contributed by atoms with Crippen LogP contribution >= 0.6 is 0 Å². The van der Waals surface area contributed by atoms with E-state index in [-0.39, 0.29) is 12.6 Å². The number of hydrogen-bond acceptors (Lipinski definition) is 4. The van der Waals surface area contributed by atoms with E-state index < -0.39 is 0 Å². The predicted octanol–water partition coefficient (Wildman–Crippen LogP) is 1.33. The number of benzene rings is 1. The molecule has 0 radical (unpaired) electrons. The van der Waals surface area contributed by atoms with Gasteiger partial charge in [0, 0.05) is 32.4 Å². The molecule has 2 N–H and O–H groups in total. The summed E-state index contributed by atoms with van der Waals surface area (Å²) in [6.45, 7) is 1.80. The van der Waals surface area contributed by atoms with E-state index in [2.05, 4.69) is 20.7 Å². The first-order chi connectivity index (χ1) is 12.2. The third kappa shape index (κ3) is 4.27. The zero-order valence-corrected chi connectivity index (χ0v) is 14.4. The standard InChI is InChI=1S/C17H22FN5O2/c1-19-17(21-9-15-4-6-22-23(15)2)20-5-3-12-7-14(18)8-13-10-24-11-25-16(12)13/h4,6-8H,3,5,9-11H2,1-2H3,(H2,19,20,21). The number of guanidine groups is 1. The van der Waals surface area contributed by atoms with Crippen molar-refractivity contribution in [2.24, 2.45) is 12.0 Å². The maximum absolute atomic E-state index is 13.7. The summed E-state index contributed by atoms with van der Waals surface area (Å²) in [4.78, 5) is 4.19. The van der Waals surface area contributed by atoms with Crippen molar-refractivity contribution in [3.8, 4) is 5.75 Å². The summed E-state index contributed by atoms with van der Waals surface area (Å²) in [7, 11) is 3.60. The monoisotopic (exact) mass is 347 g/mol. The van der Waals surface area contributed by atoms with Gasteiger partial charge in [0.15, 0.2) is 12.8 Å². The summed E-state index contributed by atoms with van der Waals surface area (Å²) < 4.78 is 26.3. The molecule has 134 valence electrons. The summed E-state index contributed by atoms with van der Waals surface area (Å²) in [5.41, 5.74) is 2.63. The van der Waals surface area contributed by atoms with Crippen molar-refractivity contribution in [2.75, 3.05) is 20.4 Å². The molecule has 8 heteroatoms. The molecule has 0 unspecified atom stereocenters. The highest BCUT2D eigenvalue weighted by molar-refractivity contribution is 5.79. The fraction of sp³-hybridized carbons (Fsp3) is 0.412. The fourth-order valence-electron chi connectivity index (χ4n) is 2.73. The Balaban J connectivity index is 1.55. The Morgan fingerprint density at radius 2 is 2.28 bits per heavy atom. The molecular weight excluding hydrogens is 325 g/mol. The number of nitrogens with one attached hydrogen (secondary N) is 2. The molecule has 25 heavy (non-hydrogen) atoms. The van der Waals surface area contributed by atoms with Crippen LogP contribution in [0.2, 0.25) is 0 Å². The second-order valence-electron chi connectivity index (χ2n) is 5.71. The molecule has 0 atom stereocenters. The van der Waals surface area contributed by atoms with E-state index in [1.54, 1.807) is 17.9 Å². The van der Waals surface area contributed by atoms with Gasteiger partial charge in [-0.25, -0.2) is 4.39 Å². The quantitative estimate of drug-likeness (QED) is 0.631. The van der Waals surface area contributed by atoms with Crippen LogP contribution < -0.4 is 15.4 Å². The van der Waals surface area contributed by atoms with Crippen LogP contribution in [0.25, 0.3) is 0 Å². The van der Waals surface area contributed by atoms with E-state index >= 15 is 0 Å². The Labute approximate surface area is 145 Å². The molecule has 0 saturated heterocycles. The van der Waals surface area contributed by atoms with Crippen LogP contribution in [0.5, 0.6) is 5.75 Å². The molecule has 3 rings (SSSR count). The van der Waals surface area contributed by atoms with Crippen molar-refractivity contribution in [3.05, 3.63) is 47.0 Å². The van der Waals surface area contributed by atoms with Crippen molar-refractivity contribution < 1.29 is 13.9 Å². The van der Waals surface area contributed by atoms with E-state index in [0.717, 1.165) is 22.6 Å².